The van der Waals surface area contributed by atoms with Gasteiger partial charge in [0.15, 0.2) is 0 Å². The SMILES string of the molecule is CC/C=C(\CC)c1ccc(-c2cc(C(C)(C)C)ccc2OC)c(C)n1. The Morgan fingerprint density at radius 1 is 1.08 bits per heavy atom. The number of pyridine rings is 1. The fourth-order valence-electron chi connectivity index (χ4n) is 3.09. The van der Waals surface area contributed by atoms with E-state index in [0.717, 1.165) is 41.1 Å². The molecule has 0 atom stereocenters. The van der Waals surface area contributed by atoms with Crippen molar-refractivity contribution in [2.45, 2.75) is 59.8 Å². The molecule has 0 saturated heterocycles. The number of nitrogens with zero attached hydrogens (tertiary/aromatic N) is 1. The largest absolute Gasteiger partial charge is 0.496 e. The van der Waals surface area contributed by atoms with Crippen molar-refractivity contribution in [2.24, 2.45) is 0 Å². The molecule has 1 heterocycles. The molecular weight excluding hydrogens is 306 g/mol. The lowest BCUT2D eigenvalue weighted by Crippen LogP contribution is -2.11. The predicted molar refractivity (Wildman–Crippen MR) is 108 cm³/mol. The summed E-state index contributed by atoms with van der Waals surface area (Å²) in [4.78, 5) is 4.88. The fourth-order valence-corrected chi connectivity index (χ4v) is 3.09. The van der Waals surface area contributed by atoms with E-state index in [9.17, 15) is 0 Å². The monoisotopic (exact) mass is 337 g/mol. The van der Waals surface area contributed by atoms with Crippen LogP contribution in [0.15, 0.2) is 36.4 Å². The molecule has 0 radical (unpaired) electrons. The minimum Gasteiger partial charge on any atom is -0.496 e. The van der Waals surface area contributed by atoms with Gasteiger partial charge in [0.25, 0.3) is 0 Å². The molecule has 0 aliphatic rings. The van der Waals surface area contributed by atoms with Crippen molar-refractivity contribution in [2.75, 3.05) is 7.11 Å². The molecule has 1 aromatic heterocycles. The number of hydrogen-bond donors (Lipinski definition) is 0. The highest BCUT2D eigenvalue weighted by Crippen LogP contribution is 2.36. The Hall–Kier alpha value is -2.09. The Bertz CT molecular complexity index is 766. The Labute approximate surface area is 153 Å². The first-order valence-electron chi connectivity index (χ1n) is 9.17. The topological polar surface area (TPSA) is 22.1 Å². The van der Waals surface area contributed by atoms with Crippen LogP contribution in [0.25, 0.3) is 16.7 Å². The lowest BCUT2D eigenvalue weighted by molar-refractivity contribution is 0.416. The second-order valence-corrected chi connectivity index (χ2v) is 7.49. The van der Waals surface area contributed by atoms with E-state index in [2.05, 4.69) is 78.0 Å². The van der Waals surface area contributed by atoms with E-state index in [1.165, 1.54) is 11.1 Å². The van der Waals surface area contributed by atoms with Crippen LogP contribution in [0.5, 0.6) is 5.75 Å². The lowest BCUT2D eigenvalue weighted by Gasteiger charge is -2.21. The van der Waals surface area contributed by atoms with Crippen LogP contribution in [-0.2, 0) is 5.41 Å². The standard InChI is InChI=1S/C23H31NO/c1-8-10-17(9-2)21-13-12-19(16(3)24-21)20-15-18(23(4,5)6)11-14-22(20)25-7/h10-15H,8-9H2,1-7H3/b17-10+. The highest BCUT2D eigenvalue weighted by atomic mass is 16.5. The van der Waals surface area contributed by atoms with Gasteiger partial charge in [-0.2, -0.15) is 0 Å². The molecule has 2 nitrogen and oxygen atoms in total. The van der Waals surface area contributed by atoms with Crippen molar-refractivity contribution >= 4 is 5.57 Å². The average molecular weight is 338 g/mol. The first-order chi connectivity index (χ1) is 11.8. The quantitative estimate of drug-likeness (QED) is 0.616. The summed E-state index contributed by atoms with van der Waals surface area (Å²) in [5.74, 6) is 0.894. The van der Waals surface area contributed by atoms with Gasteiger partial charge in [-0.25, -0.2) is 0 Å². The van der Waals surface area contributed by atoms with E-state index < -0.39 is 0 Å². The summed E-state index contributed by atoms with van der Waals surface area (Å²) in [6, 6.07) is 10.8. The summed E-state index contributed by atoms with van der Waals surface area (Å²) in [6.07, 6.45) is 4.30. The van der Waals surface area contributed by atoms with Crippen LogP contribution in [0.1, 0.15) is 64.4 Å². The van der Waals surface area contributed by atoms with Gasteiger partial charge in [0.2, 0.25) is 0 Å². The Morgan fingerprint density at radius 3 is 2.32 bits per heavy atom. The molecule has 2 heteroatoms. The van der Waals surface area contributed by atoms with Crippen molar-refractivity contribution in [3.8, 4) is 16.9 Å². The molecule has 0 saturated carbocycles. The second kappa shape index (κ2) is 7.86. The van der Waals surface area contributed by atoms with E-state index >= 15 is 0 Å². The molecule has 0 amide bonds. The highest BCUT2D eigenvalue weighted by Gasteiger charge is 2.18. The number of benzene rings is 1. The Kier molecular flexibility index (Phi) is 6.05. The molecule has 2 rings (SSSR count). The summed E-state index contributed by atoms with van der Waals surface area (Å²) in [6.45, 7) is 13.1. The summed E-state index contributed by atoms with van der Waals surface area (Å²) in [5.41, 5.74) is 7.08. The summed E-state index contributed by atoms with van der Waals surface area (Å²) >= 11 is 0. The number of allylic oxidation sites excluding steroid dienone is 2. The first kappa shape index (κ1) is 19.2. The maximum atomic E-state index is 5.62. The maximum Gasteiger partial charge on any atom is 0.126 e. The molecule has 0 fully saturated rings. The molecular formula is C23H31NO. The third-order valence-electron chi connectivity index (χ3n) is 4.60. The number of aryl methyl sites for hydroxylation is 1. The van der Waals surface area contributed by atoms with E-state index in [0.29, 0.717) is 0 Å². The predicted octanol–water partition coefficient (Wildman–Crippen LogP) is 6.57. The van der Waals surface area contributed by atoms with Crippen LogP contribution in [0.4, 0.5) is 0 Å². The zero-order chi connectivity index (χ0) is 18.6. The lowest BCUT2D eigenvalue weighted by atomic mass is 9.85. The average Bonchev–Trinajstić information content (AvgIpc) is 2.58. The molecule has 0 unspecified atom stereocenters. The van der Waals surface area contributed by atoms with Gasteiger partial charge < -0.3 is 4.74 Å². The van der Waals surface area contributed by atoms with Gasteiger partial charge in [-0.15, -0.1) is 0 Å². The van der Waals surface area contributed by atoms with E-state index in [-0.39, 0.29) is 5.41 Å². The zero-order valence-electron chi connectivity index (χ0n) is 16.7. The minimum atomic E-state index is 0.0987. The molecule has 25 heavy (non-hydrogen) atoms. The van der Waals surface area contributed by atoms with Crippen molar-refractivity contribution in [1.82, 2.24) is 4.98 Å². The highest BCUT2D eigenvalue weighted by molar-refractivity contribution is 5.75. The van der Waals surface area contributed by atoms with Gasteiger partial charge in [-0.1, -0.05) is 52.8 Å². The summed E-state index contributed by atoms with van der Waals surface area (Å²) < 4.78 is 5.62. The van der Waals surface area contributed by atoms with Crippen molar-refractivity contribution in [1.29, 1.82) is 0 Å². The molecule has 0 spiro atoms. The third kappa shape index (κ3) is 4.31. The molecule has 1 aromatic carbocycles. The van der Waals surface area contributed by atoms with Gasteiger partial charge in [0.05, 0.1) is 12.8 Å². The Morgan fingerprint density at radius 2 is 1.80 bits per heavy atom. The van der Waals surface area contributed by atoms with Gasteiger partial charge in [0.1, 0.15) is 5.75 Å². The number of rotatable bonds is 5. The second-order valence-electron chi connectivity index (χ2n) is 7.49. The number of hydrogen-bond acceptors (Lipinski definition) is 2. The van der Waals surface area contributed by atoms with Gasteiger partial charge >= 0.3 is 0 Å². The third-order valence-corrected chi connectivity index (χ3v) is 4.60. The zero-order valence-corrected chi connectivity index (χ0v) is 16.7. The van der Waals surface area contributed by atoms with Crippen LogP contribution in [0.3, 0.4) is 0 Å². The number of aromatic nitrogens is 1. The van der Waals surface area contributed by atoms with Crippen LogP contribution in [0.2, 0.25) is 0 Å². The van der Waals surface area contributed by atoms with Crippen LogP contribution in [-0.4, -0.2) is 12.1 Å². The van der Waals surface area contributed by atoms with Crippen LogP contribution >= 0.6 is 0 Å². The molecule has 2 aromatic rings. The van der Waals surface area contributed by atoms with E-state index in [1.54, 1.807) is 7.11 Å². The Balaban J connectivity index is 2.57. The first-order valence-corrected chi connectivity index (χ1v) is 9.17. The molecule has 0 N–H and O–H groups in total. The van der Waals surface area contributed by atoms with Crippen LogP contribution in [0, 0.1) is 6.92 Å². The summed E-state index contributed by atoms with van der Waals surface area (Å²) in [7, 11) is 1.73. The van der Waals surface area contributed by atoms with Crippen LogP contribution < -0.4 is 4.74 Å². The normalized spacial score (nSPS) is 12.4. The fraction of sp³-hybridized carbons (Fsp3) is 0.435. The van der Waals surface area contributed by atoms with Crippen molar-refractivity contribution in [3.05, 3.63) is 53.4 Å². The van der Waals surface area contributed by atoms with Gasteiger partial charge in [-0.05, 0) is 54.5 Å². The summed E-state index contributed by atoms with van der Waals surface area (Å²) in [5, 5.41) is 0. The molecule has 134 valence electrons. The smallest absolute Gasteiger partial charge is 0.126 e. The van der Waals surface area contributed by atoms with E-state index in [4.69, 9.17) is 9.72 Å². The molecule has 0 aliphatic carbocycles. The molecule has 0 bridgehead atoms. The van der Waals surface area contributed by atoms with Gasteiger partial charge in [0, 0.05) is 16.8 Å². The molecule has 0 aliphatic heterocycles. The van der Waals surface area contributed by atoms with Gasteiger partial charge in [-0.3, -0.25) is 4.98 Å². The number of methoxy groups -OCH3 is 1. The minimum absolute atomic E-state index is 0.0987. The number of ether oxygens (including phenoxy) is 1. The maximum absolute atomic E-state index is 5.62. The van der Waals surface area contributed by atoms with Crippen molar-refractivity contribution < 1.29 is 4.74 Å². The van der Waals surface area contributed by atoms with E-state index in [1.807, 2.05) is 0 Å². The van der Waals surface area contributed by atoms with Crippen molar-refractivity contribution in [3.63, 3.8) is 0 Å².